The van der Waals surface area contributed by atoms with Gasteiger partial charge in [-0.1, -0.05) is 56.3 Å². The van der Waals surface area contributed by atoms with E-state index in [4.69, 9.17) is 0 Å². The molecule has 0 bridgehead atoms. The van der Waals surface area contributed by atoms with Gasteiger partial charge in [0.1, 0.15) is 5.82 Å². The van der Waals surface area contributed by atoms with E-state index in [1.807, 2.05) is 57.2 Å². The van der Waals surface area contributed by atoms with Gasteiger partial charge in [-0.15, -0.1) is 0 Å². The van der Waals surface area contributed by atoms with Gasteiger partial charge >= 0.3 is 5.97 Å². The smallest absolute Gasteiger partial charge is 0.336 e. The zero-order valence-corrected chi connectivity index (χ0v) is 15.1. The molecule has 3 heteroatoms. The summed E-state index contributed by atoms with van der Waals surface area (Å²) in [7, 11) is 0. The number of carboxylic acid groups (broad SMARTS) is 1. The maximum atomic E-state index is 13.4. The molecular formula is C23H21FO2. The molecule has 2 nitrogen and oxygen atoms in total. The van der Waals surface area contributed by atoms with Gasteiger partial charge in [-0.2, -0.15) is 0 Å². The topological polar surface area (TPSA) is 37.3 Å². The summed E-state index contributed by atoms with van der Waals surface area (Å²) < 4.78 is 13.4. The zero-order chi connectivity index (χ0) is 18.8. The molecule has 0 aromatic heterocycles. The van der Waals surface area contributed by atoms with Crippen LogP contribution in [-0.2, 0) is 0 Å². The van der Waals surface area contributed by atoms with Crippen molar-refractivity contribution < 1.29 is 14.3 Å². The number of carboxylic acids is 1. The summed E-state index contributed by atoms with van der Waals surface area (Å²) in [5, 5.41) is 9.92. The molecular weight excluding hydrogens is 327 g/mol. The van der Waals surface area contributed by atoms with Gasteiger partial charge in [-0.05, 0) is 64.4 Å². The Morgan fingerprint density at radius 1 is 0.962 bits per heavy atom. The summed E-state index contributed by atoms with van der Waals surface area (Å²) >= 11 is 0. The average Bonchev–Trinajstić information content (AvgIpc) is 2.62. The largest absolute Gasteiger partial charge is 0.478 e. The van der Waals surface area contributed by atoms with E-state index in [1.165, 1.54) is 12.1 Å². The van der Waals surface area contributed by atoms with Crippen molar-refractivity contribution in [2.24, 2.45) is 0 Å². The van der Waals surface area contributed by atoms with Crippen LogP contribution in [0.5, 0.6) is 0 Å². The number of hydrogen-bond acceptors (Lipinski definition) is 1. The Kier molecular flexibility index (Phi) is 4.90. The number of hydrogen-bond donors (Lipinski definition) is 1. The predicted molar refractivity (Wildman–Crippen MR) is 103 cm³/mol. The fourth-order valence-electron chi connectivity index (χ4n) is 3.38. The minimum atomic E-state index is -0.962. The van der Waals surface area contributed by atoms with Gasteiger partial charge in [0, 0.05) is 0 Å². The highest BCUT2D eigenvalue weighted by Crippen LogP contribution is 2.39. The fraction of sp³-hybridized carbons (Fsp3) is 0.174. The van der Waals surface area contributed by atoms with Crippen LogP contribution in [0.3, 0.4) is 0 Å². The second-order valence-electron chi connectivity index (χ2n) is 6.72. The first-order chi connectivity index (χ1) is 12.4. The third kappa shape index (κ3) is 3.25. The van der Waals surface area contributed by atoms with E-state index in [0.717, 1.165) is 22.3 Å². The summed E-state index contributed by atoms with van der Waals surface area (Å²) in [6.07, 6.45) is 0. The van der Waals surface area contributed by atoms with Gasteiger partial charge in [0.15, 0.2) is 0 Å². The highest BCUT2D eigenvalue weighted by Gasteiger charge is 2.23. The molecule has 3 aromatic carbocycles. The number of halogens is 1. The van der Waals surface area contributed by atoms with Crippen molar-refractivity contribution >= 4 is 5.97 Å². The second-order valence-corrected chi connectivity index (χ2v) is 6.72. The molecule has 0 unspecified atom stereocenters. The van der Waals surface area contributed by atoms with Crippen molar-refractivity contribution in [3.63, 3.8) is 0 Å². The van der Waals surface area contributed by atoms with E-state index < -0.39 is 5.97 Å². The summed E-state index contributed by atoms with van der Waals surface area (Å²) in [5.74, 6) is -1.26. The van der Waals surface area contributed by atoms with Crippen molar-refractivity contribution in [2.45, 2.75) is 26.7 Å². The molecule has 0 radical (unpaired) electrons. The van der Waals surface area contributed by atoms with Crippen LogP contribution in [0.1, 0.15) is 41.3 Å². The van der Waals surface area contributed by atoms with Crippen molar-refractivity contribution in [1.82, 2.24) is 0 Å². The Labute approximate surface area is 152 Å². The van der Waals surface area contributed by atoms with Gasteiger partial charge in [-0.3, -0.25) is 0 Å². The fourth-order valence-corrected chi connectivity index (χ4v) is 3.38. The molecule has 0 fully saturated rings. The SMILES string of the molecule is Cc1c(-c2ccccc2)cc(C(C)C)c(C(=O)O)c1-c1ccc(F)cc1. The molecule has 132 valence electrons. The standard InChI is InChI=1S/C23H21FO2/c1-14(2)19-13-20(16-7-5-4-6-8-16)15(3)21(22(19)23(25)26)17-9-11-18(24)12-10-17/h4-14H,1-3H3,(H,25,26). The number of carbonyl (C=O) groups is 1. The maximum Gasteiger partial charge on any atom is 0.336 e. The van der Waals surface area contributed by atoms with Gasteiger partial charge in [-0.25, -0.2) is 9.18 Å². The summed E-state index contributed by atoms with van der Waals surface area (Å²) in [6.45, 7) is 5.90. The quantitative estimate of drug-likeness (QED) is 0.601. The first-order valence-electron chi connectivity index (χ1n) is 8.62. The van der Waals surface area contributed by atoms with Crippen molar-refractivity contribution in [2.75, 3.05) is 0 Å². The van der Waals surface area contributed by atoms with E-state index in [9.17, 15) is 14.3 Å². The van der Waals surface area contributed by atoms with Crippen LogP contribution < -0.4 is 0 Å². The minimum absolute atomic E-state index is 0.0448. The predicted octanol–water partition coefficient (Wildman–Crippen LogP) is 6.29. The van der Waals surface area contributed by atoms with Gasteiger partial charge in [0.05, 0.1) is 5.56 Å². The van der Waals surface area contributed by atoms with Crippen LogP contribution in [0.4, 0.5) is 4.39 Å². The van der Waals surface area contributed by atoms with Crippen LogP contribution in [-0.4, -0.2) is 11.1 Å². The lowest BCUT2D eigenvalue weighted by atomic mass is 9.83. The molecule has 3 rings (SSSR count). The molecule has 0 aliphatic rings. The van der Waals surface area contributed by atoms with Gasteiger partial charge < -0.3 is 5.11 Å². The van der Waals surface area contributed by atoms with Crippen molar-refractivity contribution in [3.8, 4) is 22.3 Å². The molecule has 0 aliphatic carbocycles. The zero-order valence-electron chi connectivity index (χ0n) is 15.1. The molecule has 0 heterocycles. The third-order valence-electron chi connectivity index (χ3n) is 4.67. The summed E-state index contributed by atoms with van der Waals surface area (Å²) in [6, 6.07) is 17.9. The molecule has 0 amide bonds. The van der Waals surface area contributed by atoms with Crippen molar-refractivity contribution in [1.29, 1.82) is 0 Å². The van der Waals surface area contributed by atoms with Gasteiger partial charge in [0.2, 0.25) is 0 Å². The number of aromatic carboxylic acids is 1. The van der Waals surface area contributed by atoms with Crippen molar-refractivity contribution in [3.05, 3.63) is 83.2 Å². The lowest BCUT2D eigenvalue weighted by molar-refractivity contribution is 0.0696. The van der Waals surface area contributed by atoms with Crippen LogP contribution in [0.25, 0.3) is 22.3 Å². The Balaban J connectivity index is 2.41. The minimum Gasteiger partial charge on any atom is -0.478 e. The Hall–Kier alpha value is -2.94. The Morgan fingerprint density at radius 3 is 2.12 bits per heavy atom. The van der Waals surface area contributed by atoms with E-state index in [-0.39, 0.29) is 11.7 Å². The molecule has 0 atom stereocenters. The molecule has 1 N–H and O–H groups in total. The highest BCUT2D eigenvalue weighted by molar-refractivity contribution is 6.01. The summed E-state index contributed by atoms with van der Waals surface area (Å²) in [5.41, 5.74) is 5.35. The molecule has 0 saturated carbocycles. The average molecular weight is 348 g/mol. The van der Waals surface area contributed by atoms with E-state index >= 15 is 0 Å². The first kappa shape index (κ1) is 17.9. The molecule has 0 saturated heterocycles. The van der Waals surface area contributed by atoms with Gasteiger partial charge in [0.25, 0.3) is 0 Å². The number of rotatable bonds is 4. The molecule has 0 aliphatic heterocycles. The monoisotopic (exact) mass is 348 g/mol. The Bertz CT molecular complexity index is 942. The second kappa shape index (κ2) is 7.12. The van der Waals surface area contributed by atoms with Crippen LogP contribution in [0, 0.1) is 12.7 Å². The lowest BCUT2D eigenvalue weighted by Gasteiger charge is -2.21. The van der Waals surface area contributed by atoms with E-state index in [1.54, 1.807) is 12.1 Å². The Morgan fingerprint density at radius 2 is 1.58 bits per heavy atom. The normalized spacial score (nSPS) is 11.0. The van der Waals surface area contributed by atoms with E-state index in [2.05, 4.69) is 0 Å². The summed E-state index contributed by atoms with van der Waals surface area (Å²) in [4.78, 5) is 12.1. The maximum absolute atomic E-state index is 13.4. The molecule has 3 aromatic rings. The first-order valence-corrected chi connectivity index (χ1v) is 8.62. The third-order valence-corrected chi connectivity index (χ3v) is 4.67. The molecule has 26 heavy (non-hydrogen) atoms. The number of benzene rings is 3. The lowest BCUT2D eigenvalue weighted by Crippen LogP contribution is -2.09. The van der Waals surface area contributed by atoms with Crippen LogP contribution in [0.2, 0.25) is 0 Å². The molecule has 0 spiro atoms. The van der Waals surface area contributed by atoms with Crippen LogP contribution in [0.15, 0.2) is 60.7 Å². The van der Waals surface area contributed by atoms with Crippen LogP contribution >= 0.6 is 0 Å². The highest BCUT2D eigenvalue weighted by atomic mass is 19.1. The van der Waals surface area contributed by atoms with E-state index in [0.29, 0.717) is 16.7 Å².